The molecule has 3 aromatic heterocycles. The van der Waals surface area contributed by atoms with Crippen molar-refractivity contribution in [3.8, 4) is 0 Å². The average Bonchev–Trinajstić information content (AvgIpc) is 3.35. The third-order valence-corrected chi connectivity index (χ3v) is 6.86. The lowest BCUT2D eigenvalue weighted by Crippen LogP contribution is -2.40. The smallest absolute Gasteiger partial charge is 0.315 e. The van der Waals surface area contributed by atoms with E-state index in [0.29, 0.717) is 18.2 Å². The van der Waals surface area contributed by atoms with E-state index in [1.807, 2.05) is 38.9 Å². The third kappa shape index (κ3) is 4.50. The summed E-state index contributed by atoms with van der Waals surface area (Å²) in [5.41, 5.74) is 2.64. The minimum absolute atomic E-state index is 0. The highest BCUT2D eigenvalue weighted by Crippen LogP contribution is 2.32. The molecule has 182 valence electrons. The van der Waals surface area contributed by atoms with Gasteiger partial charge in [-0.1, -0.05) is 17.4 Å². The van der Waals surface area contributed by atoms with Crippen molar-refractivity contribution in [2.75, 3.05) is 32.1 Å². The number of carbonyl (C=O) groups is 1. The molecule has 12 heteroatoms. The van der Waals surface area contributed by atoms with Crippen molar-refractivity contribution in [2.24, 2.45) is 14.1 Å². The number of anilines is 1. The van der Waals surface area contributed by atoms with Crippen LogP contribution >= 0.6 is 23.7 Å². The summed E-state index contributed by atoms with van der Waals surface area (Å²) in [6.07, 6.45) is 1.43. The third-order valence-electron chi connectivity index (χ3n) is 5.63. The van der Waals surface area contributed by atoms with Gasteiger partial charge in [0.05, 0.1) is 16.5 Å². The molecule has 0 spiro atoms. The summed E-state index contributed by atoms with van der Waals surface area (Å²) < 4.78 is 4.88. The van der Waals surface area contributed by atoms with E-state index in [-0.39, 0.29) is 36.0 Å². The van der Waals surface area contributed by atoms with E-state index in [2.05, 4.69) is 11.1 Å². The van der Waals surface area contributed by atoms with Gasteiger partial charge >= 0.3 is 5.69 Å². The largest absolute Gasteiger partial charge is 0.332 e. The monoisotopic (exact) mass is 505 g/mol. The summed E-state index contributed by atoms with van der Waals surface area (Å²) in [6.45, 7) is 5.08. The topological polar surface area (TPSA) is 98.3 Å². The molecule has 0 aliphatic carbocycles. The van der Waals surface area contributed by atoms with Gasteiger partial charge in [0.2, 0.25) is 5.91 Å². The quantitative estimate of drug-likeness (QED) is 0.395. The van der Waals surface area contributed by atoms with Crippen LogP contribution in [0.15, 0.2) is 28.0 Å². The minimum atomic E-state index is -0.482. The van der Waals surface area contributed by atoms with Crippen LogP contribution in [-0.2, 0) is 25.4 Å². The molecule has 0 radical (unpaired) electrons. The molecule has 1 aromatic carbocycles. The van der Waals surface area contributed by atoms with Crippen LogP contribution in [0.25, 0.3) is 21.4 Å². The number of aryl methyl sites for hydroxylation is 3. The van der Waals surface area contributed by atoms with Gasteiger partial charge < -0.3 is 9.47 Å². The fourth-order valence-corrected chi connectivity index (χ4v) is 4.91. The Morgan fingerprint density at radius 3 is 2.47 bits per heavy atom. The first-order chi connectivity index (χ1) is 15.6. The lowest BCUT2D eigenvalue weighted by molar-refractivity contribution is -0.119. The van der Waals surface area contributed by atoms with Crippen molar-refractivity contribution in [3.05, 3.63) is 50.4 Å². The predicted molar refractivity (Wildman–Crippen MR) is 137 cm³/mol. The van der Waals surface area contributed by atoms with Gasteiger partial charge in [0.25, 0.3) is 5.56 Å². The van der Waals surface area contributed by atoms with Crippen molar-refractivity contribution in [1.82, 2.24) is 28.6 Å². The second-order valence-corrected chi connectivity index (χ2v) is 9.50. The second kappa shape index (κ2) is 9.69. The van der Waals surface area contributed by atoms with E-state index < -0.39 is 11.2 Å². The van der Waals surface area contributed by atoms with E-state index in [0.717, 1.165) is 25.9 Å². The average molecular weight is 506 g/mol. The Morgan fingerprint density at radius 2 is 1.79 bits per heavy atom. The maximum absolute atomic E-state index is 13.5. The Kier molecular flexibility index (Phi) is 7.29. The summed E-state index contributed by atoms with van der Waals surface area (Å²) in [7, 11) is 6.86. The summed E-state index contributed by atoms with van der Waals surface area (Å²) >= 11 is 1.49. The molecule has 0 saturated carbocycles. The molecular formula is C22H28ClN7O3S. The Morgan fingerprint density at radius 1 is 1.09 bits per heavy atom. The molecule has 3 heterocycles. The molecule has 0 fully saturated rings. The van der Waals surface area contributed by atoms with Gasteiger partial charge in [0.15, 0.2) is 16.3 Å². The summed E-state index contributed by atoms with van der Waals surface area (Å²) in [5, 5.41) is 0.621. The van der Waals surface area contributed by atoms with Gasteiger partial charge in [-0.15, -0.1) is 12.4 Å². The Balaban J connectivity index is 0.00000324. The molecular weight excluding hydrogens is 478 g/mol. The van der Waals surface area contributed by atoms with Crippen LogP contribution in [0.2, 0.25) is 0 Å². The van der Waals surface area contributed by atoms with Gasteiger partial charge in [-0.3, -0.25) is 23.6 Å². The van der Waals surface area contributed by atoms with Crippen molar-refractivity contribution >= 4 is 56.2 Å². The predicted octanol–water partition coefficient (Wildman–Crippen LogP) is 1.68. The first-order valence-electron chi connectivity index (χ1n) is 10.5. The number of amides is 1. The standard InChI is InChI=1S/C22H27N7O3S.ClH/c1-13-9-14(2)18-15(10-13)24-21(33-18)29(8-7-25(3)4)16(30)11-28-12-23-19-17(28)20(31)27(6)22(32)26(19)5;/h9-10,12H,7-8,11H2,1-6H3;1H. The number of carbonyl (C=O) groups excluding carboxylic acids is 1. The summed E-state index contributed by atoms with van der Waals surface area (Å²) in [6, 6.07) is 4.12. The van der Waals surface area contributed by atoms with Gasteiger partial charge in [0, 0.05) is 27.2 Å². The number of aromatic nitrogens is 5. The lowest BCUT2D eigenvalue weighted by atomic mass is 10.1. The van der Waals surface area contributed by atoms with Gasteiger partial charge in [-0.2, -0.15) is 0 Å². The number of hydrogen-bond acceptors (Lipinski definition) is 7. The van der Waals surface area contributed by atoms with Crippen molar-refractivity contribution in [2.45, 2.75) is 20.4 Å². The fourth-order valence-electron chi connectivity index (χ4n) is 3.86. The lowest BCUT2D eigenvalue weighted by Gasteiger charge is -2.22. The van der Waals surface area contributed by atoms with Gasteiger partial charge in [0.1, 0.15) is 6.54 Å². The molecule has 0 N–H and O–H groups in total. The maximum Gasteiger partial charge on any atom is 0.332 e. The van der Waals surface area contributed by atoms with Crippen molar-refractivity contribution < 1.29 is 4.79 Å². The number of nitrogens with zero attached hydrogens (tertiary/aromatic N) is 7. The van der Waals surface area contributed by atoms with Gasteiger partial charge in [-0.25, -0.2) is 14.8 Å². The van der Waals surface area contributed by atoms with Crippen LogP contribution in [0.5, 0.6) is 0 Å². The van der Waals surface area contributed by atoms with Crippen LogP contribution in [-0.4, -0.2) is 61.7 Å². The molecule has 4 aromatic rings. The highest BCUT2D eigenvalue weighted by molar-refractivity contribution is 7.22. The molecule has 10 nitrogen and oxygen atoms in total. The fraction of sp³-hybridized carbons (Fsp3) is 0.409. The van der Waals surface area contributed by atoms with E-state index >= 15 is 0 Å². The molecule has 0 aliphatic heterocycles. The van der Waals surface area contributed by atoms with Crippen LogP contribution in [0.3, 0.4) is 0 Å². The van der Waals surface area contributed by atoms with Crippen LogP contribution in [0, 0.1) is 13.8 Å². The zero-order chi connectivity index (χ0) is 24.0. The number of imidazole rings is 1. The van der Waals surface area contributed by atoms with E-state index in [9.17, 15) is 14.4 Å². The number of thiazole rings is 1. The maximum atomic E-state index is 13.5. The highest BCUT2D eigenvalue weighted by atomic mass is 35.5. The molecule has 1 amide bonds. The molecule has 0 atom stereocenters. The highest BCUT2D eigenvalue weighted by Gasteiger charge is 2.23. The SMILES string of the molecule is Cc1cc(C)c2sc(N(CCN(C)C)C(=O)Cn3cnc4c3c(=O)n(C)c(=O)n4C)nc2c1.Cl. The van der Waals surface area contributed by atoms with Crippen LogP contribution in [0.4, 0.5) is 5.13 Å². The first kappa shape index (κ1) is 25.6. The number of hydrogen-bond donors (Lipinski definition) is 0. The van der Waals surface area contributed by atoms with E-state index in [1.54, 1.807) is 11.9 Å². The Bertz CT molecular complexity index is 1500. The molecule has 34 heavy (non-hydrogen) atoms. The number of halogens is 1. The molecule has 0 unspecified atom stereocenters. The molecule has 0 bridgehead atoms. The Hall–Kier alpha value is -3.02. The summed E-state index contributed by atoms with van der Waals surface area (Å²) in [4.78, 5) is 51.1. The van der Waals surface area contributed by atoms with Crippen molar-refractivity contribution in [1.29, 1.82) is 0 Å². The number of fused-ring (bicyclic) bond motifs is 2. The number of likely N-dealkylation sites (N-methyl/N-ethyl adjacent to an activating group) is 1. The van der Waals surface area contributed by atoms with E-state index in [4.69, 9.17) is 4.98 Å². The van der Waals surface area contributed by atoms with Crippen LogP contribution < -0.4 is 16.1 Å². The zero-order valence-electron chi connectivity index (χ0n) is 20.0. The van der Waals surface area contributed by atoms with Crippen LogP contribution in [0.1, 0.15) is 11.1 Å². The normalized spacial score (nSPS) is 11.4. The second-order valence-electron chi connectivity index (χ2n) is 8.53. The van der Waals surface area contributed by atoms with Gasteiger partial charge in [-0.05, 0) is 45.1 Å². The zero-order valence-corrected chi connectivity index (χ0v) is 21.7. The Labute approximate surface area is 206 Å². The number of benzene rings is 1. The van der Waals surface area contributed by atoms with Crippen molar-refractivity contribution in [3.63, 3.8) is 0 Å². The first-order valence-corrected chi connectivity index (χ1v) is 11.3. The molecule has 4 rings (SSSR count). The molecule has 0 saturated heterocycles. The minimum Gasteiger partial charge on any atom is -0.315 e. The van der Waals surface area contributed by atoms with E-state index in [1.165, 1.54) is 33.8 Å². The number of rotatable bonds is 6. The molecule has 0 aliphatic rings. The summed E-state index contributed by atoms with van der Waals surface area (Å²) in [5.74, 6) is -0.208.